The van der Waals surface area contributed by atoms with Crippen molar-refractivity contribution in [3.8, 4) is 0 Å². The number of hydrogen-bond donors (Lipinski definition) is 2. The van der Waals surface area contributed by atoms with Crippen LogP contribution in [0.25, 0.3) is 0 Å². The van der Waals surface area contributed by atoms with Crippen molar-refractivity contribution in [1.29, 1.82) is 0 Å². The first-order valence-corrected chi connectivity index (χ1v) is 7.43. The van der Waals surface area contributed by atoms with Gasteiger partial charge in [0.25, 0.3) is 0 Å². The molecule has 2 rings (SSSR count). The molecule has 1 atom stereocenters. The van der Waals surface area contributed by atoms with Gasteiger partial charge in [-0.15, -0.1) is 0 Å². The summed E-state index contributed by atoms with van der Waals surface area (Å²) in [4.78, 5) is 14.1. The first kappa shape index (κ1) is 15.3. The van der Waals surface area contributed by atoms with Gasteiger partial charge in [0, 0.05) is 24.2 Å². The third-order valence-corrected chi connectivity index (χ3v) is 3.81. The minimum atomic E-state index is -0.00595. The maximum Gasteiger partial charge on any atom is 0.227 e. The number of aliphatic hydroxyl groups excluding tert-OH is 1. The molecule has 2 N–H and O–H groups in total. The monoisotopic (exact) mass is 296 g/mol. The molecule has 0 aromatic heterocycles. The Morgan fingerprint density at radius 1 is 1.50 bits per heavy atom. The molecule has 0 saturated carbocycles. The number of amides is 1. The zero-order valence-corrected chi connectivity index (χ0v) is 12.3. The number of nitrogens with zero attached hydrogens (tertiary/aromatic N) is 1. The fourth-order valence-electron chi connectivity index (χ4n) is 2.55. The van der Waals surface area contributed by atoms with Gasteiger partial charge in [-0.1, -0.05) is 23.7 Å². The maximum absolute atomic E-state index is 12.3. The molecule has 0 bridgehead atoms. The predicted octanol–water partition coefficient (Wildman–Crippen LogP) is 1.46. The topological polar surface area (TPSA) is 52.6 Å². The fourth-order valence-corrected chi connectivity index (χ4v) is 2.76. The van der Waals surface area contributed by atoms with Gasteiger partial charge in [-0.25, -0.2) is 0 Å². The van der Waals surface area contributed by atoms with Crippen LogP contribution in [0, 0.1) is 0 Å². The number of carbonyl (C=O) groups is 1. The molecule has 1 aromatic carbocycles. The van der Waals surface area contributed by atoms with Crippen LogP contribution in [0.15, 0.2) is 24.3 Å². The van der Waals surface area contributed by atoms with Gasteiger partial charge in [0.2, 0.25) is 5.91 Å². The van der Waals surface area contributed by atoms with Crippen molar-refractivity contribution in [2.24, 2.45) is 0 Å². The van der Waals surface area contributed by atoms with Crippen molar-refractivity contribution < 1.29 is 9.90 Å². The molecule has 1 unspecified atom stereocenters. The minimum Gasteiger partial charge on any atom is -0.395 e. The zero-order valence-electron chi connectivity index (χ0n) is 11.5. The lowest BCUT2D eigenvalue weighted by atomic mass is 10.1. The molecule has 1 fully saturated rings. The van der Waals surface area contributed by atoms with Crippen LogP contribution < -0.4 is 5.32 Å². The van der Waals surface area contributed by atoms with Gasteiger partial charge < -0.3 is 15.3 Å². The number of aliphatic hydroxyl groups is 1. The van der Waals surface area contributed by atoms with Crippen LogP contribution in [0.1, 0.15) is 18.4 Å². The summed E-state index contributed by atoms with van der Waals surface area (Å²) in [5.41, 5.74) is 0.907. The molecule has 20 heavy (non-hydrogen) atoms. The molecule has 1 saturated heterocycles. The summed E-state index contributed by atoms with van der Waals surface area (Å²) < 4.78 is 0. The van der Waals surface area contributed by atoms with Gasteiger partial charge in [0.1, 0.15) is 0 Å². The van der Waals surface area contributed by atoms with Gasteiger partial charge in [-0.3, -0.25) is 4.79 Å². The SMILES string of the molecule is O=C(Cc1cccc(Cl)c1)N(CCO)CC1CCCN1. The van der Waals surface area contributed by atoms with E-state index >= 15 is 0 Å². The Hall–Kier alpha value is -1.10. The van der Waals surface area contributed by atoms with Crippen molar-refractivity contribution in [2.45, 2.75) is 25.3 Å². The number of nitrogens with one attached hydrogen (secondary N) is 1. The lowest BCUT2D eigenvalue weighted by molar-refractivity contribution is -0.131. The Labute approximate surface area is 124 Å². The summed E-state index contributed by atoms with van der Waals surface area (Å²) >= 11 is 5.93. The highest BCUT2D eigenvalue weighted by molar-refractivity contribution is 6.30. The molecule has 4 nitrogen and oxygen atoms in total. The molecular formula is C15H21ClN2O2. The number of halogens is 1. The number of benzene rings is 1. The van der Waals surface area contributed by atoms with Crippen LogP contribution in [0.3, 0.4) is 0 Å². The second-order valence-corrected chi connectivity index (χ2v) is 5.60. The van der Waals surface area contributed by atoms with Gasteiger partial charge in [-0.05, 0) is 37.1 Å². The van der Waals surface area contributed by atoms with Crippen LogP contribution in [0.4, 0.5) is 0 Å². The molecule has 1 aromatic rings. The Kier molecular flexibility index (Phi) is 5.83. The molecule has 110 valence electrons. The average molecular weight is 297 g/mol. The summed E-state index contributed by atoms with van der Waals surface area (Å²) in [7, 11) is 0. The summed E-state index contributed by atoms with van der Waals surface area (Å²) in [5.74, 6) is 0.0371. The highest BCUT2D eigenvalue weighted by Crippen LogP contribution is 2.13. The second kappa shape index (κ2) is 7.62. The molecular weight excluding hydrogens is 276 g/mol. The van der Waals surface area contributed by atoms with Gasteiger partial charge in [0.15, 0.2) is 0 Å². The lowest BCUT2D eigenvalue weighted by Gasteiger charge is -2.25. The highest BCUT2D eigenvalue weighted by Gasteiger charge is 2.21. The van der Waals surface area contributed by atoms with Gasteiger partial charge >= 0.3 is 0 Å². The van der Waals surface area contributed by atoms with Crippen LogP contribution in [-0.4, -0.2) is 48.2 Å². The summed E-state index contributed by atoms with van der Waals surface area (Å²) in [6, 6.07) is 7.70. The summed E-state index contributed by atoms with van der Waals surface area (Å²) in [5, 5.41) is 13.2. The van der Waals surface area contributed by atoms with Crippen LogP contribution in [0.2, 0.25) is 5.02 Å². The van der Waals surface area contributed by atoms with Crippen molar-refractivity contribution in [3.63, 3.8) is 0 Å². The normalized spacial score (nSPS) is 18.2. The van der Waals surface area contributed by atoms with E-state index in [9.17, 15) is 4.79 Å². The number of rotatable bonds is 6. The van der Waals surface area contributed by atoms with Crippen molar-refractivity contribution in [1.82, 2.24) is 10.2 Å². The summed E-state index contributed by atoms with van der Waals surface area (Å²) in [6.07, 6.45) is 2.57. The molecule has 0 spiro atoms. The number of carbonyl (C=O) groups excluding carboxylic acids is 1. The molecule has 0 aliphatic carbocycles. The Bertz CT molecular complexity index is 447. The zero-order chi connectivity index (χ0) is 14.4. The van der Waals surface area contributed by atoms with Gasteiger partial charge in [-0.2, -0.15) is 0 Å². The Morgan fingerprint density at radius 3 is 3.00 bits per heavy atom. The van der Waals surface area contributed by atoms with Gasteiger partial charge in [0.05, 0.1) is 13.0 Å². The quantitative estimate of drug-likeness (QED) is 0.835. The Morgan fingerprint density at radius 2 is 2.35 bits per heavy atom. The first-order valence-electron chi connectivity index (χ1n) is 7.05. The molecule has 5 heteroatoms. The van der Waals surface area contributed by atoms with Crippen LogP contribution >= 0.6 is 11.6 Å². The second-order valence-electron chi connectivity index (χ2n) is 5.16. The predicted molar refractivity (Wildman–Crippen MR) is 79.8 cm³/mol. The Balaban J connectivity index is 1.95. The van der Waals surface area contributed by atoms with E-state index in [1.165, 1.54) is 0 Å². The highest BCUT2D eigenvalue weighted by atomic mass is 35.5. The van der Waals surface area contributed by atoms with E-state index < -0.39 is 0 Å². The molecule has 1 aliphatic rings. The summed E-state index contributed by atoms with van der Waals surface area (Å²) in [6.45, 7) is 2.06. The third kappa shape index (κ3) is 4.47. The maximum atomic E-state index is 12.3. The molecule has 1 aliphatic heterocycles. The fraction of sp³-hybridized carbons (Fsp3) is 0.533. The van der Waals surface area contributed by atoms with E-state index in [-0.39, 0.29) is 12.5 Å². The molecule has 1 amide bonds. The van der Waals surface area contributed by atoms with E-state index in [1.54, 1.807) is 11.0 Å². The van der Waals surface area contributed by atoms with Crippen LogP contribution in [0.5, 0.6) is 0 Å². The van der Waals surface area contributed by atoms with Crippen molar-refractivity contribution in [3.05, 3.63) is 34.9 Å². The standard InChI is InChI=1S/C15H21ClN2O2/c16-13-4-1-3-12(9-13)10-15(20)18(7-8-19)11-14-5-2-6-17-14/h1,3-4,9,14,17,19H,2,5-8,10-11H2. The third-order valence-electron chi connectivity index (χ3n) is 3.57. The van der Waals surface area contributed by atoms with E-state index in [2.05, 4.69) is 5.32 Å². The van der Waals surface area contributed by atoms with Crippen molar-refractivity contribution >= 4 is 17.5 Å². The number of hydrogen-bond acceptors (Lipinski definition) is 3. The van der Waals surface area contributed by atoms with Crippen LogP contribution in [-0.2, 0) is 11.2 Å². The first-order chi connectivity index (χ1) is 9.69. The molecule has 0 radical (unpaired) electrons. The van der Waals surface area contributed by atoms with E-state index in [4.69, 9.17) is 16.7 Å². The smallest absolute Gasteiger partial charge is 0.227 e. The largest absolute Gasteiger partial charge is 0.395 e. The lowest BCUT2D eigenvalue weighted by Crippen LogP contribution is -2.43. The van der Waals surface area contributed by atoms with E-state index in [0.717, 1.165) is 24.9 Å². The molecule has 1 heterocycles. The van der Waals surface area contributed by atoms with E-state index in [1.807, 2.05) is 18.2 Å². The minimum absolute atomic E-state index is 0.00595. The van der Waals surface area contributed by atoms with Crippen molar-refractivity contribution in [2.75, 3.05) is 26.2 Å². The van der Waals surface area contributed by atoms with E-state index in [0.29, 0.717) is 30.6 Å². The average Bonchev–Trinajstić information content (AvgIpc) is 2.91.